The first-order valence-electron chi connectivity index (χ1n) is 4.41. The summed E-state index contributed by atoms with van der Waals surface area (Å²) in [5, 5.41) is 17.4. The van der Waals surface area contributed by atoms with Gasteiger partial charge in [0.2, 0.25) is 0 Å². The van der Waals surface area contributed by atoms with Crippen LogP contribution in [0.4, 0.5) is 0 Å². The van der Waals surface area contributed by atoms with Crippen molar-refractivity contribution in [3.8, 4) is 0 Å². The molecule has 0 heterocycles. The van der Waals surface area contributed by atoms with E-state index in [1.807, 2.05) is 18.2 Å². The minimum atomic E-state index is -0.856. The van der Waals surface area contributed by atoms with Gasteiger partial charge in [-0.3, -0.25) is 4.79 Å². The van der Waals surface area contributed by atoms with Crippen LogP contribution in [-0.4, -0.2) is 16.2 Å². The number of benzene rings is 1. The van der Waals surface area contributed by atoms with Crippen molar-refractivity contribution in [3.63, 3.8) is 0 Å². The summed E-state index contributed by atoms with van der Waals surface area (Å²) in [4.78, 5) is 10.3. The third-order valence-corrected chi connectivity index (χ3v) is 2.62. The molecule has 3 nitrogen and oxygen atoms in total. The number of carboxylic acid groups (broad SMARTS) is 1. The second kappa shape index (κ2) is 5.68. The molecule has 0 saturated heterocycles. The third kappa shape index (κ3) is 3.85. The second-order valence-corrected chi connectivity index (χ2v) is 3.86. The van der Waals surface area contributed by atoms with Gasteiger partial charge in [0, 0.05) is 4.47 Å². The van der Waals surface area contributed by atoms with Crippen LogP contribution in [0, 0.1) is 0 Å². The largest absolute Gasteiger partial charge is 0.481 e. The second-order valence-electron chi connectivity index (χ2n) is 3.01. The molecule has 0 aliphatic carbocycles. The van der Waals surface area contributed by atoms with Crippen molar-refractivity contribution in [3.05, 3.63) is 39.9 Å². The SMILES string of the molecule is O=C(O)CC=Cc1ccc(Br)c(CO)c1. The van der Waals surface area contributed by atoms with Gasteiger partial charge in [0.25, 0.3) is 0 Å². The van der Waals surface area contributed by atoms with E-state index in [0.717, 1.165) is 15.6 Å². The Hall–Kier alpha value is -1.13. The van der Waals surface area contributed by atoms with E-state index in [1.54, 1.807) is 12.2 Å². The minimum Gasteiger partial charge on any atom is -0.481 e. The molecule has 0 aromatic heterocycles. The van der Waals surface area contributed by atoms with Gasteiger partial charge in [-0.05, 0) is 23.3 Å². The first-order chi connectivity index (χ1) is 7.13. The number of hydrogen-bond donors (Lipinski definition) is 2. The molecule has 80 valence electrons. The van der Waals surface area contributed by atoms with Crippen molar-refractivity contribution in [2.24, 2.45) is 0 Å². The summed E-state index contributed by atoms with van der Waals surface area (Å²) in [6, 6.07) is 5.48. The Morgan fingerprint density at radius 3 is 2.80 bits per heavy atom. The van der Waals surface area contributed by atoms with Gasteiger partial charge in [-0.15, -0.1) is 0 Å². The smallest absolute Gasteiger partial charge is 0.307 e. The Kier molecular flexibility index (Phi) is 4.52. The summed E-state index contributed by atoms with van der Waals surface area (Å²) in [6.07, 6.45) is 3.30. The van der Waals surface area contributed by atoms with Crippen molar-refractivity contribution in [2.75, 3.05) is 0 Å². The zero-order valence-electron chi connectivity index (χ0n) is 7.98. The van der Waals surface area contributed by atoms with E-state index in [9.17, 15) is 4.79 Å². The average Bonchev–Trinajstić information content (AvgIpc) is 2.20. The standard InChI is InChI=1S/C11H11BrO3/c12-10-5-4-8(6-9(10)7-13)2-1-3-11(14)15/h1-2,4-6,13H,3,7H2,(H,14,15). The van der Waals surface area contributed by atoms with Crippen LogP contribution in [0.1, 0.15) is 17.5 Å². The molecule has 0 unspecified atom stereocenters. The van der Waals surface area contributed by atoms with Crippen LogP contribution in [0.5, 0.6) is 0 Å². The lowest BCUT2D eigenvalue weighted by Crippen LogP contribution is -1.90. The van der Waals surface area contributed by atoms with Crippen molar-refractivity contribution in [1.82, 2.24) is 0 Å². The number of halogens is 1. The highest BCUT2D eigenvalue weighted by Crippen LogP contribution is 2.19. The van der Waals surface area contributed by atoms with Gasteiger partial charge in [0.05, 0.1) is 13.0 Å². The Balaban J connectivity index is 2.78. The van der Waals surface area contributed by atoms with Crippen LogP contribution in [0.25, 0.3) is 6.08 Å². The summed E-state index contributed by atoms with van der Waals surface area (Å²) in [5.41, 5.74) is 1.66. The number of hydrogen-bond acceptors (Lipinski definition) is 2. The van der Waals surface area contributed by atoms with Crippen LogP contribution in [-0.2, 0) is 11.4 Å². The quantitative estimate of drug-likeness (QED) is 0.884. The van der Waals surface area contributed by atoms with Gasteiger partial charge in [-0.2, -0.15) is 0 Å². The van der Waals surface area contributed by atoms with Gasteiger partial charge in [-0.1, -0.05) is 34.1 Å². The van der Waals surface area contributed by atoms with E-state index in [1.165, 1.54) is 0 Å². The van der Waals surface area contributed by atoms with Gasteiger partial charge in [0.15, 0.2) is 0 Å². The van der Waals surface area contributed by atoms with E-state index in [-0.39, 0.29) is 13.0 Å². The van der Waals surface area contributed by atoms with Gasteiger partial charge in [-0.25, -0.2) is 0 Å². The van der Waals surface area contributed by atoms with Crippen LogP contribution in [0.2, 0.25) is 0 Å². The molecule has 0 aliphatic heterocycles. The summed E-state index contributed by atoms with van der Waals surface area (Å²) >= 11 is 3.30. The molecule has 0 atom stereocenters. The molecular weight excluding hydrogens is 260 g/mol. The van der Waals surface area contributed by atoms with Crippen molar-refractivity contribution in [1.29, 1.82) is 0 Å². The molecule has 4 heteroatoms. The fraction of sp³-hybridized carbons (Fsp3) is 0.182. The first kappa shape index (κ1) is 11.9. The van der Waals surface area contributed by atoms with E-state index in [4.69, 9.17) is 10.2 Å². The minimum absolute atomic E-state index is 0.00449. The number of carboxylic acids is 1. The van der Waals surface area contributed by atoms with E-state index in [0.29, 0.717) is 0 Å². The molecule has 0 saturated carbocycles. The van der Waals surface area contributed by atoms with Crippen molar-refractivity contribution >= 4 is 28.0 Å². The summed E-state index contributed by atoms with van der Waals surface area (Å²) in [7, 11) is 0. The fourth-order valence-electron chi connectivity index (χ4n) is 1.12. The molecule has 1 aromatic rings. The van der Waals surface area contributed by atoms with Gasteiger partial charge >= 0.3 is 5.97 Å². The van der Waals surface area contributed by atoms with Crippen LogP contribution >= 0.6 is 15.9 Å². The van der Waals surface area contributed by atoms with E-state index < -0.39 is 5.97 Å². The van der Waals surface area contributed by atoms with Crippen molar-refractivity contribution in [2.45, 2.75) is 13.0 Å². The Bertz CT molecular complexity index is 385. The number of aliphatic hydroxyl groups is 1. The molecule has 0 radical (unpaired) electrons. The monoisotopic (exact) mass is 270 g/mol. The highest BCUT2D eigenvalue weighted by atomic mass is 79.9. The van der Waals surface area contributed by atoms with Gasteiger partial charge in [0.1, 0.15) is 0 Å². The summed E-state index contributed by atoms with van der Waals surface area (Å²) < 4.78 is 0.848. The fourth-order valence-corrected chi connectivity index (χ4v) is 1.49. The van der Waals surface area contributed by atoms with Gasteiger partial charge < -0.3 is 10.2 Å². The predicted molar refractivity (Wildman–Crippen MR) is 61.4 cm³/mol. The topological polar surface area (TPSA) is 57.5 Å². The lowest BCUT2D eigenvalue weighted by Gasteiger charge is -2.01. The zero-order valence-corrected chi connectivity index (χ0v) is 9.57. The average molecular weight is 271 g/mol. The van der Waals surface area contributed by atoms with Crippen LogP contribution < -0.4 is 0 Å². The van der Waals surface area contributed by atoms with Crippen molar-refractivity contribution < 1.29 is 15.0 Å². The zero-order chi connectivity index (χ0) is 11.3. The Morgan fingerprint density at radius 2 is 2.20 bits per heavy atom. The molecule has 0 aliphatic rings. The third-order valence-electron chi connectivity index (χ3n) is 1.84. The molecule has 0 bridgehead atoms. The number of aliphatic carboxylic acids is 1. The molecule has 1 aromatic carbocycles. The molecule has 15 heavy (non-hydrogen) atoms. The highest BCUT2D eigenvalue weighted by molar-refractivity contribution is 9.10. The molecule has 2 N–H and O–H groups in total. The molecule has 0 fully saturated rings. The Morgan fingerprint density at radius 1 is 1.47 bits per heavy atom. The van der Waals surface area contributed by atoms with Crippen LogP contribution in [0.15, 0.2) is 28.7 Å². The number of aliphatic hydroxyl groups excluding tert-OH is 1. The maximum Gasteiger partial charge on any atom is 0.307 e. The van der Waals surface area contributed by atoms with E-state index >= 15 is 0 Å². The van der Waals surface area contributed by atoms with Crippen LogP contribution in [0.3, 0.4) is 0 Å². The lowest BCUT2D eigenvalue weighted by molar-refractivity contribution is -0.135. The molecular formula is C11H11BrO3. The molecule has 1 rings (SSSR count). The normalized spacial score (nSPS) is 10.8. The lowest BCUT2D eigenvalue weighted by atomic mass is 10.1. The maximum absolute atomic E-state index is 10.3. The molecule has 0 spiro atoms. The number of rotatable bonds is 4. The number of carbonyl (C=O) groups is 1. The Labute approximate surface area is 96.2 Å². The predicted octanol–water partition coefficient (Wildman–Crippen LogP) is 2.43. The summed E-state index contributed by atoms with van der Waals surface area (Å²) in [6.45, 7) is -0.0405. The summed E-state index contributed by atoms with van der Waals surface area (Å²) in [5.74, 6) is -0.856. The first-order valence-corrected chi connectivity index (χ1v) is 5.20. The maximum atomic E-state index is 10.3. The highest BCUT2D eigenvalue weighted by Gasteiger charge is 1.98. The van der Waals surface area contributed by atoms with E-state index in [2.05, 4.69) is 15.9 Å². The molecule has 0 amide bonds.